The SMILES string of the molecule is CC(C)CN1CCC2(CC1)CCN(CCCn1ccnc1C(Cc1ncc[nH]1)NCCCC(=O)OCCN1CCOCC1)C2. The lowest BCUT2D eigenvalue weighted by Gasteiger charge is -2.40. The molecule has 44 heavy (non-hydrogen) atoms. The summed E-state index contributed by atoms with van der Waals surface area (Å²) in [5.41, 5.74) is 0.543. The van der Waals surface area contributed by atoms with Crippen LogP contribution in [0.4, 0.5) is 0 Å². The Balaban J connectivity index is 1.04. The summed E-state index contributed by atoms with van der Waals surface area (Å²) in [6, 6.07) is 0.0135. The lowest BCUT2D eigenvalue weighted by molar-refractivity contribution is -0.144. The van der Waals surface area contributed by atoms with E-state index in [0.29, 0.717) is 25.0 Å². The number of hydrogen-bond acceptors (Lipinski definition) is 9. The molecule has 11 nitrogen and oxygen atoms in total. The van der Waals surface area contributed by atoms with Crippen LogP contribution in [0, 0.1) is 11.3 Å². The van der Waals surface area contributed by atoms with E-state index in [4.69, 9.17) is 14.5 Å². The number of likely N-dealkylation sites (tertiary alicyclic amines) is 2. The second-order valence-corrected chi connectivity index (χ2v) is 13.6. The van der Waals surface area contributed by atoms with Gasteiger partial charge in [0.25, 0.3) is 0 Å². The van der Waals surface area contributed by atoms with Crippen LogP contribution < -0.4 is 5.32 Å². The van der Waals surface area contributed by atoms with Crippen molar-refractivity contribution in [1.29, 1.82) is 0 Å². The third-order valence-electron chi connectivity index (χ3n) is 9.67. The van der Waals surface area contributed by atoms with E-state index < -0.39 is 0 Å². The van der Waals surface area contributed by atoms with Gasteiger partial charge in [0.15, 0.2) is 0 Å². The predicted octanol–water partition coefficient (Wildman–Crippen LogP) is 2.97. The van der Waals surface area contributed by atoms with Gasteiger partial charge in [0.2, 0.25) is 0 Å². The standard InChI is InChI=1S/C33H56N8O3/c1-28(2)26-39-15-6-33(7-16-39)8-17-40(27-33)13-4-14-41-18-12-37-32(41)29(25-30-35-10-11-36-30)34-9-3-5-31(42)44-24-21-38-19-22-43-23-20-38/h10-12,18,28-29,34H,3-9,13-17,19-27H2,1-2H3,(H,35,36). The molecule has 3 aliphatic heterocycles. The Labute approximate surface area is 264 Å². The van der Waals surface area contributed by atoms with E-state index in [-0.39, 0.29) is 12.0 Å². The molecule has 5 rings (SSSR count). The Morgan fingerprint density at radius 3 is 2.55 bits per heavy atom. The number of nitrogens with one attached hydrogen (secondary N) is 2. The number of imidazole rings is 2. The molecular weight excluding hydrogens is 556 g/mol. The Hall–Kier alpha value is -2.31. The zero-order valence-electron chi connectivity index (χ0n) is 27.2. The number of nitrogens with zero attached hydrogens (tertiary/aromatic N) is 6. The number of carbonyl (C=O) groups excluding carboxylic acids is 1. The molecule has 0 aliphatic carbocycles. The molecule has 0 bridgehead atoms. The molecular formula is C33H56N8O3. The van der Waals surface area contributed by atoms with Gasteiger partial charge in [-0.1, -0.05) is 13.8 Å². The molecule has 0 radical (unpaired) electrons. The second kappa shape index (κ2) is 16.8. The van der Waals surface area contributed by atoms with Crippen LogP contribution >= 0.6 is 0 Å². The van der Waals surface area contributed by atoms with Crippen LogP contribution in [-0.2, 0) is 27.2 Å². The third kappa shape index (κ3) is 10.1. The average Bonchev–Trinajstić information content (AvgIpc) is 3.79. The zero-order chi connectivity index (χ0) is 30.6. The molecule has 11 heteroatoms. The van der Waals surface area contributed by atoms with Crippen LogP contribution in [-0.4, -0.2) is 125 Å². The molecule has 3 fully saturated rings. The van der Waals surface area contributed by atoms with Gasteiger partial charge in [-0.3, -0.25) is 9.69 Å². The fourth-order valence-corrected chi connectivity index (χ4v) is 7.19. The molecule has 0 saturated carbocycles. The van der Waals surface area contributed by atoms with Gasteiger partial charge in [-0.05, 0) is 76.2 Å². The van der Waals surface area contributed by atoms with Crippen LogP contribution in [0.1, 0.15) is 70.1 Å². The van der Waals surface area contributed by atoms with Crippen molar-refractivity contribution in [2.24, 2.45) is 11.3 Å². The number of carbonyl (C=O) groups is 1. The highest BCUT2D eigenvalue weighted by molar-refractivity contribution is 5.69. The molecule has 0 aromatic carbocycles. The summed E-state index contributed by atoms with van der Waals surface area (Å²) < 4.78 is 13.2. The number of esters is 1. The topological polar surface area (TPSA) is 104 Å². The summed E-state index contributed by atoms with van der Waals surface area (Å²) in [4.78, 5) is 32.5. The van der Waals surface area contributed by atoms with Gasteiger partial charge in [0, 0.05) is 76.9 Å². The first kappa shape index (κ1) is 33.1. The van der Waals surface area contributed by atoms with E-state index in [1.165, 1.54) is 52.0 Å². The van der Waals surface area contributed by atoms with Crippen molar-refractivity contribution < 1.29 is 14.3 Å². The Kier molecular flexibility index (Phi) is 12.7. The van der Waals surface area contributed by atoms with Crippen molar-refractivity contribution in [2.75, 3.05) is 85.3 Å². The van der Waals surface area contributed by atoms with Crippen LogP contribution in [0.25, 0.3) is 0 Å². The van der Waals surface area contributed by atoms with Crippen molar-refractivity contribution in [3.63, 3.8) is 0 Å². The van der Waals surface area contributed by atoms with Crippen molar-refractivity contribution in [1.82, 2.24) is 39.5 Å². The van der Waals surface area contributed by atoms with Gasteiger partial charge in [0.1, 0.15) is 18.3 Å². The minimum Gasteiger partial charge on any atom is -0.464 e. The van der Waals surface area contributed by atoms with Crippen molar-refractivity contribution in [3.8, 4) is 0 Å². The average molecular weight is 613 g/mol. The van der Waals surface area contributed by atoms with Gasteiger partial charge in [-0.25, -0.2) is 9.97 Å². The molecule has 1 unspecified atom stereocenters. The van der Waals surface area contributed by atoms with E-state index in [2.05, 4.69) is 54.6 Å². The van der Waals surface area contributed by atoms with Gasteiger partial charge in [0.05, 0.1) is 19.3 Å². The highest BCUT2D eigenvalue weighted by atomic mass is 16.5. The summed E-state index contributed by atoms with van der Waals surface area (Å²) in [5, 5.41) is 3.66. The van der Waals surface area contributed by atoms with Gasteiger partial charge in [-0.15, -0.1) is 0 Å². The number of piperidine rings is 1. The summed E-state index contributed by atoms with van der Waals surface area (Å²) in [6.45, 7) is 18.3. The maximum Gasteiger partial charge on any atom is 0.305 e. The van der Waals surface area contributed by atoms with E-state index >= 15 is 0 Å². The Bertz CT molecular complexity index is 1090. The van der Waals surface area contributed by atoms with E-state index in [9.17, 15) is 4.79 Å². The minimum atomic E-state index is -0.131. The largest absolute Gasteiger partial charge is 0.464 e. The van der Waals surface area contributed by atoms with E-state index in [1.54, 1.807) is 6.20 Å². The first-order chi connectivity index (χ1) is 21.5. The summed E-state index contributed by atoms with van der Waals surface area (Å²) in [7, 11) is 0. The number of morpholine rings is 1. The second-order valence-electron chi connectivity index (χ2n) is 13.6. The molecule has 3 aliphatic rings. The number of rotatable bonds is 17. The van der Waals surface area contributed by atoms with Crippen molar-refractivity contribution in [2.45, 2.75) is 71.4 Å². The normalized spacial score (nSPS) is 20.5. The predicted molar refractivity (Wildman–Crippen MR) is 171 cm³/mol. The monoisotopic (exact) mass is 612 g/mol. The fourth-order valence-electron chi connectivity index (χ4n) is 7.19. The van der Waals surface area contributed by atoms with E-state index in [0.717, 1.165) is 82.8 Å². The van der Waals surface area contributed by atoms with Crippen LogP contribution in [0.2, 0.25) is 0 Å². The Morgan fingerprint density at radius 1 is 1.00 bits per heavy atom. The number of aromatic nitrogens is 4. The number of H-pyrrole nitrogens is 1. The first-order valence-corrected chi connectivity index (χ1v) is 17.1. The van der Waals surface area contributed by atoms with Gasteiger partial charge >= 0.3 is 5.97 Å². The molecule has 1 atom stereocenters. The number of aromatic amines is 1. The molecule has 5 heterocycles. The quantitative estimate of drug-likeness (QED) is 0.206. The van der Waals surface area contributed by atoms with Crippen LogP contribution in [0.5, 0.6) is 0 Å². The molecule has 246 valence electrons. The van der Waals surface area contributed by atoms with Crippen molar-refractivity contribution >= 4 is 5.97 Å². The highest BCUT2D eigenvalue weighted by Gasteiger charge is 2.40. The number of hydrogen-bond donors (Lipinski definition) is 2. The van der Waals surface area contributed by atoms with Crippen LogP contribution in [0.3, 0.4) is 0 Å². The lowest BCUT2D eigenvalue weighted by Crippen LogP contribution is -2.42. The number of aryl methyl sites for hydroxylation is 1. The maximum absolute atomic E-state index is 12.3. The number of ether oxygens (including phenoxy) is 2. The smallest absolute Gasteiger partial charge is 0.305 e. The minimum absolute atomic E-state index is 0.0135. The summed E-state index contributed by atoms with van der Waals surface area (Å²) >= 11 is 0. The molecule has 2 N–H and O–H groups in total. The Morgan fingerprint density at radius 2 is 1.80 bits per heavy atom. The highest BCUT2D eigenvalue weighted by Crippen LogP contribution is 2.40. The molecule has 0 amide bonds. The lowest BCUT2D eigenvalue weighted by atomic mass is 9.77. The fraction of sp³-hybridized carbons (Fsp3) is 0.788. The first-order valence-electron chi connectivity index (χ1n) is 17.1. The molecule has 2 aromatic rings. The van der Waals surface area contributed by atoms with Gasteiger partial charge < -0.3 is 34.1 Å². The van der Waals surface area contributed by atoms with Gasteiger partial charge in [-0.2, -0.15) is 0 Å². The summed E-state index contributed by atoms with van der Waals surface area (Å²) in [6.07, 6.45) is 14.7. The van der Waals surface area contributed by atoms with Crippen LogP contribution in [0.15, 0.2) is 24.8 Å². The van der Waals surface area contributed by atoms with E-state index in [1.807, 2.05) is 12.4 Å². The maximum atomic E-state index is 12.3. The zero-order valence-corrected chi connectivity index (χ0v) is 27.2. The third-order valence-corrected chi connectivity index (χ3v) is 9.67. The summed E-state index contributed by atoms with van der Waals surface area (Å²) in [5.74, 6) is 2.59. The van der Waals surface area contributed by atoms with Crippen molar-refractivity contribution in [3.05, 3.63) is 36.4 Å². The molecule has 1 spiro atoms. The molecule has 3 saturated heterocycles. The molecule has 2 aromatic heterocycles.